The lowest BCUT2D eigenvalue weighted by Gasteiger charge is -2.21. The number of carboxylic acid groups (broad SMARTS) is 1. The average Bonchev–Trinajstić information content (AvgIpc) is 2.96. The molecule has 0 saturated heterocycles. The number of nitrogens with zero attached hydrogens (tertiary/aromatic N) is 1. The molecule has 1 aliphatic heterocycles. The van der Waals surface area contributed by atoms with Gasteiger partial charge in [-0.05, 0) is 47.7 Å². The van der Waals surface area contributed by atoms with E-state index in [0.29, 0.717) is 24.2 Å². The summed E-state index contributed by atoms with van der Waals surface area (Å²) in [4.78, 5) is 29.8. The predicted molar refractivity (Wildman–Crippen MR) is 151 cm³/mol. The van der Waals surface area contributed by atoms with Crippen molar-refractivity contribution in [2.45, 2.75) is 31.7 Å². The molecule has 2 heterocycles. The lowest BCUT2D eigenvalue weighted by atomic mass is 10.0. The second-order valence-corrected chi connectivity index (χ2v) is 9.33. The Morgan fingerprint density at radius 3 is 2.70 bits per heavy atom. The monoisotopic (exact) mass is 545 g/mol. The molecule has 2 aromatic carbocycles. The number of amides is 1. The van der Waals surface area contributed by atoms with Gasteiger partial charge in [-0.3, -0.25) is 9.59 Å². The first-order chi connectivity index (χ1) is 19.4. The highest BCUT2D eigenvalue weighted by Gasteiger charge is 2.23. The van der Waals surface area contributed by atoms with Crippen LogP contribution in [0.2, 0.25) is 0 Å². The number of hydrogen-bond acceptors (Lipinski definition) is 7. The molecule has 0 fully saturated rings. The van der Waals surface area contributed by atoms with Crippen LogP contribution in [0.25, 0.3) is 5.70 Å². The van der Waals surface area contributed by atoms with E-state index in [1.807, 2.05) is 36.4 Å². The quantitative estimate of drug-likeness (QED) is 0.171. The highest BCUT2D eigenvalue weighted by Crippen LogP contribution is 2.25. The van der Waals surface area contributed by atoms with Crippen molar-refractivity contribution < 1.29 is 23.8 Å². The smallest absolute Gasteiger partial charge is 0.305 e. The molecule has 1 atom stereocenters. The summed E-state index contributed by atoms with van der Waals surface area (Å²) in [6.45, 7) is 1.33. The lowest BCUT2D eigenvalue weighted by molar-refractivity contribution is -0.137. The van der Waals surface area contributed by atoms with Crippen molar-refractivity contribution in [1.29, 1.82) is 5.41 Å². The van der Waals surface area contributed by atoms with Crippen molar-refractivity contribution in [3.63, 3.8) is 0 Å². The summed E-state index contributed by atoms with van der Waals surface area (Å²) in [6.07, 6.45) is 3.10. The molecule has 208 valence electrons. The predicted octanol–water partition coefficient (Wildman–Crippen LogP) is 4.11. The normalized spacial score (nSPS) is 13.7. The molecule has 0 bridgehead atoms. The number of carbonyl (C=O) groups is 2. The molecule has 0 spiro atoms. The zero-order valence-electron chi connectivity index (χ0n) is 22.2. The van der Waals surface area contributed by atoms with Gasteiger partial charge in [0.15, 0.2) is 11.6 Å². The summed E-state index contributed by atoms with van der Waals surface area (Å²) in [5, 5.41) is 26.8. The molecule has 3 aromatic rings. The number of rotatable bonds is 12. The maximum atomic E-state index is 14.4. The van der Waals surface area contributed by atoms with Crippen LogP contribution in [-0.4, -0.2) is 48.4 Å². The molecular formula is C30H32FN5O4. The number of aromatic nitrogens is 1. The first-order valence-electron chi connectivity index (χ1n) is 13.0. The van der Waals surface area contributed by atoms with Crippen molar-refractivity contribution >= 4 is 29.6 Å². The van der Waals surface area contributed by atoms with Crippen molar-refractivity contribution in [3.8, 4) is 5.75 Å². The first kappa shape index (κ1) is 28.3. The Bertz CT molecular complexity index is 1410. The topological polar surface area (TPSA) is 136 Å². The van der Waals surface area contributed by atoms with Gasteiger partial charge >= 0.3 is 5.97 Å². The number of methoxy groups -OCH3 is 1. The molecule has 5 N–H and O–H groups in total. The summed E-state index contributed by atoms with van der Waals surface area (Å²) >= 11 is 0. The minimum Gasteiger partial charge on any atom is -0.494 e. The number of pyridine rings is 1. The van der Waals surface area contributed by atoms with Gasteiger partial charge in [0.1, 0.15) is 5.82 Å². The largest absolute Gasteiger partial charge is 0.494 e. The van der Waals surface area contributed by atoms with Gasteiger partial charge in [0.25, 0.3) is 5.91 Å². The molecule has 0 unspecified atom stereocenters. The summed E-state index contributed by atoms with van der Waals surface area (Å²) in [5.41, 5.74) is 3.45. The number of aryl methyl sites for hydroxylation is 1. The van der Waals surface area contributed by atoms with Gasteiger partial charge in [-0.1, -0.05) is 42.5 Å². The second kappa shape index (κ2) is 13.4. The van der Waals surface area contributed by atoms with Crippen LogP contribution in [0.15, 0.2) is 66.2 Å². The third kappa shape index (κ3) is 7.02. The standard InChI is InChI=1S/C30H32FN5O4/c1-40-26-12-10-21(16-24(26)31)25(17-27(37)38)36-30(39)23(18-32)28(19-6-3-2-4-7-19)33-15-13-22-11-9-20-8-5-14-34-29(20)35-22/h2-4,6-7,9-12,16,18,25,32-33H,5,8,13-15,17H2,1H3,(H,34,35)(H,36,39)(H,37,38)/b28-23+,32-18?/t25-/m0/s1. The Morgan fingerprint density at radius 2 is 2.00 bits per heavy atom. The highest BCUT2D eigenvalue weighted by molar-refractivity contribution is 6.17. The van der Waals surface area contributed by atoms with E-state index in [1.165, 1.54) is 24.8 Å². The van der Waals surface area contributed by atoms with Crippen LogP contribution < -0.4 is 20.7 Å². The first-order valence-corrected chi connectivity index (χ1v) is 13.0. The van der Waals surface area contributed by atoms with E-state index in [-0.39, 0.29) is 16.9 Å². The van der Waals surface area contributed by atoms with Crippen LogP contribution in [-0.2, 0) is 22.4 Å². The summed E-state index contributed by atoms with van der Waals surface area (Å²) in [5.74, 6) is -1.61. The Kier molecular flexibility index (Phi) is 9.45. The third-order valence-corrected chi connectivity index (χ3v) is 6.62. The number of halogens is 1. The van der Waals surface area contributed by atoms with Crippen LogP contribution in [0.1, 0.15) is 41.3 Å². The third-order valence-electron chi connectivity index (χ3n) is 6.62. The van der Waals surface area contributed by atoms with E-state index in [2.05, 4.69) is 22.0 Å². The molecule has 0 saturated carbocycles. The highest BCUT2D eigenvalue weighted by atomic mass is 19.1. The van der Waals surface area contributed by atoms with Crippen molar-refractivity contribution in [3.05, 3.63) is 94.4 Å². The van der Waals surface area contributed by atoms with E-state index in [1.54, 1.807) is 0 Å². The van der Waals surface area contributed by atoms with Gasteiger partial charge in [0.05, 0.1) is 30.8 Å². The summed E-state index contributed by atoms with van der Waals surface area (Å²) in [6, 6.07) is 16.2. The van der Waals surface area contributed by atoms with Gasteiger partial charge in [0.2, 0.25) is 0 Å². The Balaban J connectivity index is 1.58. The van der Waals surface area contributed by atoms with Crippen molar-refractivity contribution in [2.24, 2.45) is 0 Å². The van der Waals surface area contributed by atoms with Crippen LogP contribution in [0.5, 0.6) is 5.75 Å². The SMILES string of the molecule is COc1ccc([C@H](CC(=O)O)NC(=O)/C(C=N)=C(/NCCc2ccc3c(n2)NCCC3)c2ccccc2)cc1F. The van der Waals surface area contributed by atoms with E-state index in [4.69, 9.17) is 15.1 Å². The fourth-order valence-electron chi connectivity index (χ4n) is 4.59. The van der Waals surface area contributed by atoms with E-state index in [0.717, 1.165) is 43.2 Å². The van der Waals surface area contributed by atoms with Crippen molar-refractivity contribution in [1.82, 2.24) is 15.6 Å². The maximum absolute atomic E-state index is 14.4. The fraction of sp³-hybridized carbons (Fsp3) is 0.267. The molecular weight excluding hydrogens is 513 g/mol. The molecule has 40 heavy (non-hydrogen) atoms. The summed E-state index contributed by atoms with van der Waals surface area (Å²) in [7, 11) is 1.33. The van der Waals surface area contributed by atoms with Gasteiger partial charge in [-0.2, -0.15) is 0 Å². The maximum Gasteiger partial charge on any atom is 0.305 e. The van der Waals surface area contributed by atoms with Gasteiger partial charge in [0, 0.05) is 31.4 Å². The number of hydrogen-bond donors (Lipinski definition) is 5. The number of ether oxygens (including phenoxy) is 1. The number of anilines is 1. The minimum atomic E-state index is -1.17. The lowest BCUT2D eigenvalue weighted by Crippen LogP contribution is -2.33. The van der Waals surface area contributed by atoms with Crippen molar-refractivity contribution in [2.75, 3.05) is 25.5 Å². The van der Waals surface area contributed by atoms with Crippen LogP contribution in [0, 0.1) is 11.2 Å². The number of fused-ring (bicyclic) bond motifs is 1. The van der Waals surface area contributed by atoms with Gasteiger partial charge in [-0.25, -0.2) is 9.37 Å². The van der Waals surface area contributed by atoms with Crippen LogP contribution >= 0.6 is 0 Å². The summed E-state index contributed by atoms with van der Waals surface area (Å²) < 4.78 is 19.3. The molecule has 4 rings (SSSR count). The zero-order valence-corrected chi connectivity index (χ0v) is 22.2. The zero-order chi connectivity index (χ0) is 28.5. The number of carboxylic acids is 1. The number of aliphatic carboxylic acids is 1. The molecule has 10 heteroatoms. The number of benzene rings is 2. The van der Waals surface area contributed by atoms with Crippen LogP contribution in [0.4, 0.5) is 10.2 Å². The van der Waals surface area contributed by atoms with Gasteiger partial charge < -0.3 is 31.2 Å². The molecule has 1 aliphatic rings. The Hall–Kier alpha value is -4.73. The fourth-order valence-corrected chi connectivity index (χ4v) is 4.59. The Labute approximate surface area is 232 Å². The molecule has 0 aliphatic carbocycles. The number of nitrogens with one attached hydrogen (secondary N) is 4. The second-order valence-electron chi connectivity index (χ2n) is 9.33. The van der Waals surface area contributed by atoms with Gasteiger partial charge in [-0.15, -0.1) is 0 Å². The van der Waals surface area contributed by atoms with E-state index < -0.39 is 30.2 Å². The molecule has 1 amide bonds. The number of carbonyl (C=O) groups excluding carboxylic acids is 1. The molecule has 9 nitrogen and oxygen atoms in total. The molecule has 1 aromatic heterocycles. The van der Waals surface area contributed by atoms with E-state index in [9.17, 15) is 19.1 Å². The van der Waals surface area contributed by atoms with Crippen LogP contribution in [0.3, 0.4) is 0 Å². The molecule has 0 radical (unpaired) electrons. The Morgan fingerprint density at radius 1 is 1.20 bits per heavy atom. The minimum absolute atomic E-state index is 0.00369. The van der Waals surface area contributed by atoms with E-state index >= 15 is 0 Å². The average molecular weight is 546 g/mol.